The van der Waals surface area contributed by atoms with E-state index in [1.165, 1.54) is 0 Å². The van der Waals surface area contributed by atoms with Gasteiger partial charge in [0.2, 0.25) is 0 Å². The van der Waals surface area contributed by atoms with Gasteiger partial charge in [-0.1, -0.05) is 23.7 Å². The van der Waals surface area contributed by atoms with Crippen molar-refractivity contribution in [2.24, 2.45) is 0 Å². The quantitative estimate of drug-likeness (QED) is 0.826. The van der Waals surface area contributed by atoms with Gasteiger partial charge >= 0.3 is 0 Å². The fourth-order valence-electron chi connectivity index (χ4n) is 3.50. The van der Waals surface area contributed by atoms with E-state index in [1.807, 2.05) is 12.1 Å². The van der Waals surface area contributed by atoms with E-state index in [1.54, 1.807) is 12.1 Å². The standard InChI is InChI=1S/C17H24ClNO4S/c18-14-5-3-13(4-6-14)17(20)11-19(10-16-2-1-8-23-16)15-7-9-24(21,22)12-15/h3-6,15-17,20H,1-2,7-12H2/t15-,16-,17+/m0/s1. The highest BCUT2D eigenvalue weighted by molar-refractivity contribution is 7.91. The zero-order valence-electron chi connectivity index (χ0n) is 13.6. The van der Waals surface area contributed by atoms with Crippen LogP contribution in [0.3, 0.4) is 0 Å². The molecule has 3 atom stereocenters. The molecule has 0 aromatic heterocycles. The Balaban J connectivity index is 1.69. The van der Waals surface area contributed by atoms with E-state index >= 15 is 0 Å². The minimum atomic E-state index is -2.96. The first-order valence-electron chi connectivity index (χ1n) is 8.42. The van der Waals surface area contributed by atoms with Gasteiger partial charge in [0.1, 0.15) is 0 Å². The van der Waals surface area contributed by atoms with Gasteiger partial charge in [-0.2, -0.15) is 0 Å². The molecule has 134 valence electrons. The van der Waals surface area contributed by atoms with Crippen molar-refractivity contribution in [1.29, 1.82) is 0 Å². The first-order chi connectivity index (χ1) is 11.4. The third-order valence-corrected chi connectivity index (χ3v) is 6.85. The molecule has 0 spiro atoms. The van der Waals surface area contributed by atoms with Crippen LogP contribution in [-0.4, -0.2) is 61.8 Å². The molecule has 0 radical (unpaired) electrons. The molecule has 24 heavy (non-hydrogen) atoms. The molecule has 7 heteroatoms. The maximum absolute atomic E-state index is 11.8. The molecular formula is C17H24ClNO4S. The fourth-order valence-corrected chi connectivity index (χ4v) is 5.39. The number of aliphatic hydroxyl groups is 1. The third kappa shape index (κ3) is 4.70. The number of sulfone groups is 1. The maximum atomic E-state index is 11.8. The van der Waals surface area contributed by atoms with E-state index in [4.69, 9.17) is 16.3 Å². The first-order valence-corrected chi connectivity index (χ1v) is 10.6. The zero-order valence-corrected chi connectivity index (χ0v) is 15.2. The molecule has 1 aromatic carbocycles. The molecule has 3 rings (SSSR count). The molecule has 0 unspecified atom stereocenters. The molecule has 0 bridgehead atoms. The SMILES string of the molecule is O=S1(=O)CC[C@H](N(C[C@@H]2CCCO2)C[C@@H](O)c2ccc(Cl)cc2)C1. The van der Waals surface area contributed by atoms with Crippen LogP contribution in [0.1, 0.15) is 30.9 Å². The topological polar surface area (TPSA) is 66.8 Å². The molecule has 0 aliphatic carbocycles. The average molecular weight is 374 g/mol. The zero-order chi connectivity index (χ0) is 17.2. The summed E-state index contributed by atoms with van der Waals surface area (Å²) in [6.45, 7) is 1.84. The van der Waals surface area contributed by atoms with Crippen molar-refractivity contribution in [2.45, 2.75) is 37.5 Å². The van der Waals surface area contributed by atoms with Crippen molar-refractivity contribution in [3.05, 3.63) is 34.9 Å². The highest BCUT2D eigenvalue weighted by Crippen LogP contribution is 2.25. The van der Waals surface area contributed by atoms with Gasteiger partial charge < -0.3 is 9.84 Å². The highest BCUT2D eigenvalue weighted by Gasteiger charge is 2.34. The largest absolute Gasteiger partial charge is 0.387 e. The van der Waals surface area contributed by atoms with Crippen LogP contribution in [0.2, 0.25) is 5.02 Å². The Kier molecular flexibility index (Phi) is 5.82. The second-order valence-electron chi connectivity index (χ2n) is 6.71. The molecule has 2 saturated heterocycles. The number of nitrogens with zero attached hydrogens (tertiary/aromatic N) is 1. The minimum Gasteiger partial charge on any atom is -0.387 e. The number of ether oxygens (including phenoxy) is 1. The van der Waals surface area contributed by atoms with Gasteiger partial charge in [0.25, 0.3) is 0 Å². The molecule has 2 fully saturated rings. The number of aliphatic hydroxyl groups excluding tert-OH is 1. The molecule has 2 aliphatic rings. The Hall–Kier alpha value is -0.660. The van der Waals surface area contributed by atoms with Crippen LogP contribution in [-0.2, 0) is 14.6 Å². The van der Waals surface area contributed by atoms with Crippen molar-refractivity contribution in [3.8, 4) is 0 Å². The van der Waals surface area contributed by atoms with Crippen LogP contribution in [0.25, 0.3) is 0 Å². The van der Waals surface area contributed by atoms with Gasteiger partial charge in [0.15, 0.2) is 9.84 Å². The van der Waals surface area contributed by atoms with Gasteiger partial charge in [0, 0.05) is 30.8 Å². The summed E-state index contributed by atoms with van der Waals surface area (Å²) in [4.78, 5) is 2.10. The van der Waals surface area contributed by atoms with E-state index in [0.717, 1.165) is 25.0 Å². The lowest BCUT2D eigenvalue weighted by atomic mass is 10.1. The number of hydrogen-bond acceptors (Lipinski definition) is 5. The molecule has 2 heterocycles. The summed E-state index contributed by atoms with van der Waals surface area (Å²) in [7, 11) is -2.96. The Morgan fingerprint density at radius 3 is 2.62 bits per heavy atom. The van der Waals surface area contributed by atoms with Gasteiger partial charge in [-0.25, -0.2) is 8.42 Å². The number of benzene rings is 1. The Morgan fingerprint density at radius 2 is 2.04 bits per heavy atom. The summed E-state index contributed by atoms with van der Waals surface area (Å²) < 4.78 is 29.4. The monoisotopic (exact) mass is 373 g/mol. The molecule has 1 N–H and O–H groups in total. The highest BCUT2D eigenvalue weighted by atomic mass is 35.5. The second kappa shape index (κ2) is 7.70. The van der Waals surface area contributed by atoms with E-state index < -0.39 is 15.9 Å². The Morgan fingerprint density at radius 1 is 1.29 bits per heavy atom. The van der Waals surface area contributed by atoms with Crippen LogP contribution < -0.4 is 0 Å². The van der Waals surface area contributed by atoms with Crippen LogP contribution in [0.15, 0.2) is 24.3 Å². The predicted octanol–water partition coefficient (Wildman–Crippen LogP) is 2.04. The maximum Gasteiger partial charge on any atom is 0.151 e. The number of hydrogen-bond donors (Lipinski definition) is 1. The molecular weight excluding hydrogens is 350 g/mol. The first kappa shape index (κ1) is 18.1. The van der Waals surface area contributed by atoms with E-state index in [9.17, 15) is 13.5 Å². The van der Waals surface area contributed by atoms with Crippen molar-refractivity contribution in [3.63, 3.8) is 0 Å². The summed E-state index contributed by atoms with van der Waals surface area (Å²) >= 11 is 5.90. The van der Waals surface area contributed by atoms with E-state index in [-0.39, 0.29) is 23.7 Å². The Labute approximate surface area is 148 Å². The van der Waals surface area contributed by atoms with Crippen molar-refractivity contribution in [2.75, 3.05) is 31.2 Å². The normalized spacial score (nSPS) is 27.6. The third-order valence-electron chi connectivity index (χ3n) is 4.85. The summed E-state index contributed by atoms with van der Waals surface area (Å²) in [5, 5.41) is 11.2. The molecule has 2 aliphatic heterocycles. The minimum absolute atomic E-state index is 0.0406. The average Bonchev–Trinajstić information content (AvgIpc) is 3.16. The molecule has 1 aromatic rings. The van der Waals surface area contributed by atoms with Crippen LogP contribution in [0.4, 0.5) is 0 Å². The van der Waals surface area contributed by atoms with Gasteiger partial charge in [0.05, 0.1) is 23.7 Å². The number of rotatable bonds is 6. The lowest BCUT2D eigenvalue weighted by Crippen LogP contribution is -2.43. The molecule has 5 nitrogen and oxygen atoms in total. The molecule has 0 saturated carbocycles. The van der Waals surface area contributed by atoms with Crippen LogP contribution in [0, 0.1) is 0 Å². The van der Waals surface area contributed by atoms with Crippen LogP contribution in [0.5, 0.6) is 0 Å². The fraction of sp³-hybridized carbons (Fsp3) is 0.647. The summed E-state index contributed by atoms with van der Waals surface area (Å²) in [5.74, 6) is 0.407. The molecule has 0 amide bonds. The van der Waals surface area contributed by atoms with Crippen molar-refractivity contribution >= 4 is 21.4 Å². The lowest BCUT2D eigenvalue weighted by molar-refractivity contribution is 0.0343. The van der Waals surface area contributed by atoms with E-state index in [0.29, 0.717) is 24.5 Å². The predicted molar refractivity (Wildman–Crippen MR) is 94.0 cm³/mol. The van der Waals surface area contributed by atoms with E-state index in [2.05, 4.69) is 4.90 Å². The number of halogens is 1. The van der Waals surface area contributed by atoms with Crippen molar-refractivity contribution in [1.82, 2.24) is 4.90 Å². The summed E-state index contributed by atoms with van der Waals surface area (Å²) in [5.41, 5.74) is 0.789. The summed E-state index contributed by atoms with van der Waals surface area (Å²) in [6, 6.07) is 7.08. The van der Waals surface area contributed by atoms with Crippen molar-refractivity contribution < 1.29 is 18.3 Å². The van der Waals surface area contributed by atoms with Crippen LogP contribution >= 0.6 is 11.6 Å². The van der Waals surface area contributed by atoms with Gasteiger partial charge in [-0.15, -0.1) is 0 Å². The lowest BCUT2D eigenvalue weighted by Gasteiger charge is -2.32. The van der Waals surface area contributed by atoms with Gasteiger partial charge in [-0.3, -0.25) is 4.90 Å². The van der Waals surface area contributed by atoms with Gasteiger partial charge in [-0.05, 0) is 37.0 Å². The second-order valence-corrected chi connectivity index (χ2v) is 9.38. The smallest absolute Gasteiger partial charge is 0.151 e. The summed E-state index contributed by atoms with van der Waals surface area (Å²) in [6.07, 6.45) is 2.12. The Bertz CT molecular complexity index is 643.